The minimum absolute atomic E-state index is 0.0600. The van der Waals surface area contributed by atoms with E-state index in [0.29, 0.717) is 17.7 Å². The van der Waals surface area contributed by atoms with Gasteiger partial charge in [0.2, 0.25) is 0 Å². The van der Waals surface area contributed by atoms with Gasteiger partial charge in [0.25, 0.3) is 0 Å². The minimum atomic E-state index is 0.0600. The van der Waals surface area contributed by atoms with Gasteiger partial charge in [-0.15, -0.1) is 0 Å². The Morgan fingerprint density at radius 2 is 2.33 bits per heavy atom. The molecule has 4 heteroatoms. The molecule has 1 atom stereocenters. The van der Waals surface area contributed by atoms with E-state index in [-0.39, 0.29) is 17.6 Å². The summed E-state index contributed by atoms with van der Waals surface area (Å²) >= 11 is 0. The highest BCUT2D eigenvalue weighted by Crippen LogP contribution is 2.27. The molecule has 1 heterocycles. The maximum absolute atomic E-state index is 12.1. The first kappa shape index (κ1) is 12.9. The average Bonchev–Trinajstić information content (AvgIpc) is 2.40. The summed E-state index contributed by atoms with van der Waals surface area (Å²) in [6, 6.07) is 5.02. The van der Waals surface area contributed by atoms with Crippen LogP contribution in [0.4, 0.5) is 0 Å². The molecule has 0 spiro atoms. The largest absolute Gasteiger partial charge is 0.504 e. The first-order valence-electron chi connectivity index (χ1n) is 6.34. The monoisotopic (exact) mass is 249 g/mol. The Bertz CT molecular complexity index is 425. The third-order valence-corrected chi connectivity index (χ3v) is 3.35. The standard InChI is InChI=1S/C14H19NO3/c1-18-14-8-10(5-6-12(14)16)13(17)9-11-4-2-3-7-15-11/h5-6,8,11,15-16H,2-4,7,9H2,1H3. The van der Waals surface area contributed by atoms with Crippen LogP contribution in [0.25, 0.3) is 0 Å². The minimum Gasteiger partial charge on any atom is -0.504 e. The fourth-order valence-electron chi connectivity index (χ4n) is 2.29. The number of nitrogens with one attached hydrogen (secondary N) is 1. The SMILES string of the molecule is COc1cc(C(=O)CC2CCCCN2)ccc1O. The lowest BCUT2D eigenvalue weighted by atomic mass is 9.97. The third kappa shape index (κ3) is 3.01. The summed E-state index contributed by atoms with van der Waals surface area (Å²) in [6.07, 6.45) is 3.94. The highest BCUT2D eigenvalue weighted by atomic mass is 16.5. The number of aromatic hydroxyl groups is 1. The Morgan fingerprint density at radius 1 is 1.50 bits per heavy atom. The molecule has 0 saturated carbocycles. The van der Waals surface area contributed by atoms with Gasteiger partial charge < -0.3 is 15.2 Å². The van der Waals surface area contributed by atoms with Gasteiger partial charge in [-0.3, -0.25) is 4.79 Å². The Labute approximate surface area is 107 Å². The second-order valence-electron chi connectivity index (χ2n) is 4.66. The molecular weight excluding hydrogens is 230 g/mol. The number of ether oxygens (including phenoxy) is 1. The van der Waals surface area contributed by atoms with E-state index in [0.717, 1.165) is 13.0 Å². The number of rotatable bonds is 4. The van der Waals surface area contributed by atoms with Crippen LogP contribution < -0.4 is 10.1 Å². The van der Waals surface area contributed by atoms with Crippen LogP contribution >= 0.6 is 0 Å². The molecule has 0 aromatic heterocycles. The van der Waals surface area contributed by atoms with Crippen LogP contribution in [0.5, 0.6) is 11.5 Å². The van der Waals surface area contributed by atoms with E-state index in [4.69, 9.17) is 4.74 Å². The molecule has 0 amide bonds. The molecule has 1 aromatic rings. The van der Waals surface area contributed by atoms with Crippen molar-refractivity contribution in [2.45, 2.75) is 31.7 Å². The molecule has 1 aliphatic rings. The lowest BCUT2D eigenvalue weighted by molar-refractivity contribution is 0.0963. The Balaban J connectivity index is 2.03. The number of Topliss-reactive ketones (excluding diaryl/α,β-unsaturated/α-hetero) is 1. The molecule has 1 aromatic carbocycles. The van der Waals surface area contributed by atoms with Gasteiger partial charge >= 0.3 is 0 Å². The topological polar surface area (TPSA) is 58.6 Å². The molecule has 0 radical (unpaired) electrons. The summed E-state index contributed by atoms with van der Waals surface area (Å²) in [7, 11) is 1.48. The summed E-state index contributed by atoms with van der Waals surface area (Å²) in [6.45, 7) is 0.997. The second kappa shape index (κ2) is 5.87. The molecule has 18 heavy (non-hydrogen) atoms. The van der Waals surface area contributed by atoms with Crippen LogP contribution in [0.1, 0.15) is 36.0 Å². The van der Waals surface area contributed by atoms with Gasteiger partial charge in [-0.05, 0) is 37.6 Å². The maximum Gasteiger partial charge on any atom is 0.164 e. The van der Waals surface area contributed by atoms with Gasteiger partial charge in [0, 0.05) is 18.0 Å². The number of hydrogen-bond donors (Lipinski definition) is 2. The third-order valence-electron chi connectivity index (χ3n) is 3.35. The molecule has 1 fully saturated rings. The van der Waals surface area contributed by atoms with Crippen LogP contribution in [-0.2, 0) is 0 Å². The van der Waals surface area contributed by atoms with Crippen LogP contribution in [0.3, 0.4) is 0 Å². The Morgan fingerprint density at radius 3 is 3.00 bits per heavy atom. The average molecular weight is 249 g/mol. The van der Waals surface area contributed by atoms with Gasteiger partial charge in [-0.25, -0.2) is 0 Å². The molecule has 98 valence electrons. The van der Waals surface area contributed by atoms with Crippen molar-refractivity contribution < 1.29 is 14.6 Å². The van der Waals surface area contributed by atoms with Crippen LogP contribution in [0.15, 0.2) is 18.2 Å². The summed E-state index contributed by atoms with van der Waals surface area (Å²) < 4.78 is 5.01. The number of methoxy groups -OCH3 is 1. The molecule has 4 nitrogen and oxygen atoms in total. The van der Waals surface area contributed by atoms with Gasteiger partial charge in [0.15, 0.2) is 17.3 Å². The van der Waals surface area contributed by atoms with Crippen molar-refractivity contribution in [3.8, 4) is 11.5 Å². The maximum atomic E-state index is 12.1. The summed E-state index contributed by atoms with van der Waals surface area (Å²) in [5.41, 5.74) is 0.594. The predicted octanol–water partition coefficient (Wildman–Crippen LogP) is 2.12. The molecule has 2 rings (SSSR count). The van der Waals surface area contributed by atoms with Crippen molar-refractivity contribution in [2.24, 2.45) is 0 Å². The zero-order valence-corrected chi connectivity index (χ0v) is 10.6. The van der Waals surface area contributed by atoms with Gasteiger partial charge in [0.1, 0.15) is 0 Å². The van der Waals surface area contributed by atoms with E-state index in [1.807, 2.05) is 0 Å². The second-order valence-corrected chi connectivity index (χ2v) is 4.66. The van der Waals surface area contributed by atoms with Crippen molar-refractivity contribution in [1.82, 2.24) is 5.32 Å². The Hall–Kier alpha value is -1.55. The van der Waals surface area contributed by atoms with E-state index in [9.17, 15) is 9.90 Å². The summed E-state index contributed by atoms with van der Waals surface area (Å²) in [4.78, 5) is 12.1. The van der Waals surface area contributed by atoms with Crippen LogP contribution in [-0.4, -0.2) is 30.6 Å². The lowest BCUT2D eigenvalue weighted by Crippen LogP contribution is -2.35. The first-order valence-corrected chi connectivity index (χ1v) is 6.34. The fourth-order valence-corrected chi connectivity index (χ4v) is 2.29. The lowest BCUT2D eigenvalue weighted by Gasteiger charge is -2.22. The molecule has 0 bridgehead atoms. The molecular formula is C14H19NO3. The Kier molecular flexibility index (Phi) is 4.20. The van der Waals surface area contributed by atoms with Gasteiger partial charge in [0.05, 0.1) is 7.11 Å². The number of phenolic OH excluding ortho intramolecular Hbond substituents is 1. The normalized spacial score (nSPS) is 19.5. The number of carbonyl (C=O) groups excluding carboxylic acids is 1. The first-order chi connectivity index (χ1) is 8.70. The van der Waals surface area contributed by atoms with E-state index < -0.39 is 0 Å². The number of carbonyl (C=O) groups is 1. The molecule has 1 unspecified atom stereocenters. The smallest absolute Gasteiger partial charge is 0.164 e. The highest BCUT2D eigenvalue weighted by Gasteiger charge is 2.18. The van der Waals surface area contributed by atoms with Crippen molar-refractivity contribution in [3.05, 3.63) is 23.8 Å². The van der Waals surface area contributed by atoms with Crippen molar-refractivity contribution in [3.63, 3.8) is 0 Å². The van der Waals surface area contributed by atoms with Crippen LogP contribution in [0.2, 0.25) is 0 Å². The molecule has 1 aliphatic heterocycles. The van der Waals surface area contributed by atoms with Gasteiger partial charge in [-0.1, -0.05) is 6.42 Å². The van der Waals surface area contributed by atoms with Gasteiger partial charge in [-0.2, -0.15) is 0 Å². The zero-order valence-electron chi connectivity index (χ0n) is 10.6. The molecule has 0 aliphatic carbocycles. The molecule has 2 N–H and O–H groups in total. The highest BCUT2D eigenvalue weighted by molar-refractivity contribution is 5.97. The number of piperidine rings is 1. The van der Waals surface area contributed by atoms with Crippen molar-refractivity contribution in [2.75, 3.05) is 13.7 Å². The number of ketones is 1. The quantitative estimate of drug-likeness (QED) is 0.802. The zero-order chi connectivity index (χ0) is 13.0. The van der Waals surface area contributed by atoms with Crippen molar-refractivity contribution >= 4 is 5.78 Å². The summed E-state index contributed by atoms with van der Waals surface area (Å²) in [5.74, 6) is 0.495. The van der Waals surface area contributed by atoms with E-state index in [1.54, 1.807) is 12.1 Å². The predicted molar refractivity (Wildman–Crippen MR) is 69.2 cm³/mol. The fraction of sp³-hybridized carbons (Fsp3) is 0.500. The van der Waals surface area contributed by atoms with E-state index >= 15 is 0 Å². The summed E-state index contributed by atoms with van der Waals surface area (Å²) in [5, 5.41) is 12.8. The van der Waals surface area contributed by atoms with E-state index in [1.165, 1.54) is 26.0 Å². The van der Waals surface area contributed by atoms with Crippen molar-refractivity contribution in [1.29, 1.82) is 0 Å². The van der Waals surface area contributed by atoms with Crippen LogP contribution in [0, 0.1) is 0 Å². The van der Waals surface area contributed by atoms with E-state index in [2.05, 4.69) is 5.32 Å². The molecule has 1 saturated heterocycles. The number of benzene rings is 1. The number of hydrogen-bond acceptors (Lipinski definition) is 4. The number of phenols is 1.